The van der Waals surface area contributed by atoms with E-state index in [4.69, 9.17) is 51.5 Å². The Kier molecular flexibility index (Phi) is 8.66. The van der Waals surface area contributed by atoms with Crippen LogP contribution in [0.5, 0.6) is 0 Å². The zero-order chi connectivity index (χ0) is 27.7. The average molecular weight is 593 g/mol. The van der Waals surface area contributed by atoms with Crippen molar-refractivity contribution in [1.29, 1.82) is 0 Å². The smallest absolute Gasteiger partial charge is 0.347 e. The maximum absolute atomic E-state index is 13.5. The van der Waals surface area contributed by atoms with Crippen LogP contribution >= 0.6 is 46.4 Å². The lowest BCUT2D eigenvalue weighted by molar-refractivity contribution is -0.138. The first kappa shape index (κ1) is 28.6. The third-order valence-electron chi connectivity index (χ3n) is 5.54. The maximum atomic E-state index is 13.5. The molecule has 2 aromatic carbocycles. The van der Waals surface area contributed by atoms with Gasteiger partial charge in [-0.05, 0) is 50.2 Å². The van der Waals surface area contributed by atoms with Crippen LogP contribution in [0.3, 0.4) is 0 Å². The number of nitrogens with zero attached hydrogens (tertiary/aromatic N) is 3. The highest BCUT2D eigenvalue weighted by Gasteiger charge is 2.56. The zero-order valence-electron chi connectivity index (χ0n) is 19.3. The standard InChI is InChI=1S/C22H21Cl4N5O6/c1-22(2)19(31(37)20(35)28-11-3-5-13(23)15(25)7-11)30(12-4-6-14(24)16(26)8-12)21(36)29(22)10-17(32)27-9-18(33)34/h3-8,19,37H,9-10H2,1-2H3,(H,27,32)(H,28,35)(H,33,34). The summed E-state index contributed by atoms with van der Waals surface area (Å²) in [6.07, 6.45) is -1.38. The Hall–Kier alpha value is -2.96. The van der Waals surface area contributed by atoms with E-state index in [9.17, 15) is 24.4 Å². The molecular formula is C22H21Cl4N5O6. The molecule has 3 rings (SSSR count). The van der Waals surface area contributed by atoms with Crippen LogP contribution in [0.1, 0.15) is 13.8 Å². The summed E-state index contributed by atoms with van der Waals surface area (Å²) in [7, 11) is 0. The van der Waals surface area contributed by atoms with Crippen LogP contribution in [0.25, 0.3) is 0 Å². The number of nitrogens with one attached hydrogen (secondary N) is 2. The van der Waals surface area contributed by atoms with Crippen LogP contribution in [0.15, 0.2) is 36.4 Å². The number of anilines is 2. The molecule has 0 spiro atoms. The normalized spacial score (nSPS) is 16.5. The monoisotopic (exact) mass is 591 g/mol. The van der Waals surface area contributed by atoms with E-state index in [-0.39, 0.29) is 31.5 Å². The molecule has 0 aliphatic carbocycles. The van der Waals surface area contributed by atoms with Crippen LogP contribution < -0.4 is 15.5 Å². The van der Waals surface area contributed by atoms with E-state index in [0.717, 1.165) is 9.80 Å². The molecule has 0 radical (unpaired) electrons. The summed E-state index contributed by atoms with van der Waals surface area (Å²) in [6, 6.07) is 6.74. The number of aliphatic carboxylic acids is 1. The summed E-state index contributed by atoms with van der Waals surface area (Å²) in [5.41, 5.74) is -0.994. The molecule has 1 saturated heterocycles. The van der Waals surface area contributed by atoms with Crippen LogP contribution in [0.4, 0.5) is 21.0 Å². The second-order valence-electron chi connectivity index (χ2n) is 8.44. The average Bonchev–Trinajstić information content (AvgIpc) is 3.01. The molecule has 1 heterocycles. The highest BCUT2D eigenvalue weighted by molar-refractivity contribution is 6.42. The lowest BCUT2D eigenvalue weighted by Crippen LogP contribution is -2.58. The van der Waals surface area contributed by atoms with E-state index < -0.39 is 48.7 Å². The van der Waals surface area contributed by atoms with Gasteiger partial charge in [-0.2, -0.15) is 5.06 Å². The van der Waals surface area contributed by atoms with E-state index in [1.807, 2.05) is 0 Å². The molecule has 1 atom stereocenters. The summed E-state index contributed by atoms with van der Waals surface area (Å²) in [6.45, 7) is 1.83. The van der Waals surface area contributed by atoms with Gasteiger partial charge in [0.05, 0.1) is 25.6 Å². The quantitative estimate of drug-likeness (QED) is 0.269. The molecule has 4 N–H and O–H groups in total. The number of amides is 5. The number of hydrogen-bond donors (Lipinski definition) is 4. The molecule has 1 aliphatic heterocycles. The Balaban J connectivity index is 1.98. The summed E-state index contributed by atoms with van der Waals surface area (Å²) in [5, 5.41) is 25.5. The number of rotatable bonds is 7. The van der Waals surface area contributed by atoms with Crippen molar-refractivity contribution in [1.82, 2.24) is 15.3 Å². The Morgan fingerprint density at radius 3 is 2.16 bits per heavy atom. The van der Waals surface area contributed by atoms with Gasteiger partial charge in [-0.25, -0.2) is 9.59 Å². The van der Waals surface area contributed by atoms with E-state index in [2.05, 4.69) is 10.6 Å². The Bertz CT molecular complexity index is 1260. The van der Waals surface area contributed by atoms with Gasteiger partial charge in [-0.1, -0.05) is 46.4 Å². The van der Waals surface area contributed by atoms with Gasteiger partial charge in [0.1, 0.15) is 13.1 Å². The summed E-state index contributed by atoms with van der Waals surface area (Å²) in [5.74, 6) is -2.03. The van der Waals surface area contributed by atoms with E-state index >= 15 is 0 Å². The van der Waals surface area contributed by atoms with Gasteiger partial charge in [0.15, 0.2) is 6.17 Å². The van der Waals surface area contributed by atoms with E-state index in [1.165, 1.54) is 50.2 Å². The molecule has 5 amide bonds. The first-order valence-corrected chi connectivity index (χ1v) is 12.0. The molecule has 1 aliphatic rings. The van der Waals surface area contributed by atoms with Crippen molar-refractivity contribution in [2.24, 2.45) is 0 Å². The first-order valence-electron chi connectivity index (χ1n) is 10.5. The summed E-state index contributed by atoms with van der Waals surface area (Å²) < 4.78 is 0. The Morgan fingerprint density at radius 2 is 1.59 bits per heavy atom. The first-order chi connectivity index (χ1) is 17.2. The second kappa shape index (κ2) is 11.2. The number of carboxylic acids is 1. The lowest BCUT2D eigenvalue weighted by atomic mass is 9.99. The fraction of sp³-hybridized carbons (Fsp3) is 0.273. The highest BCUT2D eigenvalue weighted by Crippen LogP contribution is 2.39. The molecule has 0 aromatic heterocycles. The minimum atomic E-state index is -1.38. The number of urea groups is 2. The van der Waals surface area contributed by atoms with Crippen molar-refractivity contribution in [2.45, 2.75) is 25.6 Å². The molecule has 11 nitrogen and oxygen atoms in total. The molecule has 0 saturated carbocycles. The minimum absolute atomic E-state index is 0.103. The molecule has 1 unspecified atom stereocenters. The molecular weight excluding hydrogens is 572 g/mol. The minimum Gasteiger partial charge on any atom is -0.480 e. The Labute approximate surface area is 231 Å². The van der Waals surface area contributed by atoms with Crippen LogP contribution in [0.2, 0.25) is 20.1 Å². The fourth-order valence-corrected chi connectivity index (χ4v) is 4.33. The van der Waals surface area contributed by atoms with Gasteiger partial charge in [-0.15, -0.1) is 0 Å². The van der Waals surface area contributed by atoms with Crippen LogP contribution in [0, 0.1) is 0 Å². The number of carboxylic acid groups (broad SMARTS) is 1. The third-order valence-corrected chi connectivity index (χ3v) is 7.02. The van der Waals surface area contributed by atoms with Gasteiger partial charge in [-0.3, -0.25) is 19.7 Å². The fourth-order valence-electron chi connectivity index (χ4n) is 3.74. The number of carbonyl (C=O) groups excluding carboxylic acids is 3. The molecule has 0 bridgehead atoms. The lowest BCUT2D eigenvalue weighted by Gasteiger charge is -2.38. The van der Waals surface area contributed by atoms with Crippen LogP contribution in [-0.2, 0) is 9.59 Å². The van der Waals surface area contributed by atoms with Crippen molar-refractivity contribution in [2.75, 3.05) is 23.3 Å². The van der Waals surface area contributed by atoms with Crippen molar-refractivity contribution < 1.29 is 29.5 Å². The highest BCUT2D eigenvalue weighted by atomic mass is 35.5. The van der Waals surface area contributed by atoms with Gasteiger partial charge in [0.2, 0.25) is 5.91 Å². The molecule has 1 fully saturated rings. The predicted octanol–water partition coefficient (Wildman–Crippen LogP) is 4.77. The molecule has 37 heavy (non-hydrogen) atoms. The largest absolute Gasteiger partial charge is 0.480 e. The zero-order valence-corrected chi connectivity index (χ0v) is 22.4. The number of carbonyl (C=O) groups is 4. The number of halogens is 4. The van der Waals surface area contributed by atoms with Crippen molar-refractivity contribution >= 4 is 81.7 Å². The number of benzene rings is 2. The Morgan fingerprint density at radius 1 is 1.00 bits per heavy atom. The van der Waals surface area contributed by atoms with Gasteiger partial charge < -0.3 is 20.6 Å². The maximum Gasteiger partial charge on any atom is 0.347 e. The SMILES string of the molecule is CC1(C)C(N(O)C(=O)Nc2ccc(Cl)c(Cl)c2)N(c2ccc(Cl)c(Cl)c2)C(=O)N1CC(=O)NCC(=O)O. The molecule has 198 valence electrons. The second-order valence-corrected chi connectivity index (χ2v) is 10.1. The van der Waals surface area contributed by atoms with Gasteiger partial charge >= 0.3 is 18.0 Å². The van der Waals surface area contributed by atoms with Crippen molar-refractivity contribution in [3.8, 4) is 0 Å². The number of hydrogen-bond acceptors (Lipinski definition) is 5. The van der Waals surface area contributed by atoms with Crippen molar-refractivity contribution in [3.05, 3.63) is 56.5 Å². The van der Waals surface area contributed by atoms with E-state index in [1.54, 1.807) is 0 Å². The molecule has 15 heteroatoms. The van der Waals surface area contributed by atoms with E-state index in [0.29, 0.717) is 5.06 Å². The third kappa shape index (κ3) is 6.13. The van der Waals surface area contributed by atoms with Crippen LogP contribution in [-0.4, -0.2) is 69.0 Å². The predicted molar refractivity (Wildman–Crippen MR) is 139 cm³/mol. The number of hydroxylamine groups is 2. The molecule has 2 aromatic rings. The summed E-state index contributed by atoms with van der Waals surface area (Å²) in [4.78, 5) is 51.9. The van der Waals surface area contributed by atoms with Gasteiger partial charge in [0.25, 0.3) is 0 Å². The van der Waals surface area contributed by atoms with Gasteiger partial charge in [0, 0.05) is 11.4 Å². The topological polar surface area (TPSA) is 143 Å². The summed E-state index contributed by atoms with van der Waals surface area (Å²) >= 11 is 24.1. The van der Waals surface area contributed by atoms with Crippen molar-refractivity contribution in [3.63, 3.8) is 0 Å².